The van der Waals surface area contributed by atoms with Gasteiger partial charge in [-0.05, 0) is 59.6 Å². The maximum Gasteiger partial charge on any atom is 0.123 e. The third-order valence-corrected chi connectivity index (χ3v) is 4.93. The largest absolute Gasteiger partial charge is 0.380 e. The number of fused-ring (bicyclic) bond motifs is 1. The van der Waals surface area contributed by atoms with Gasteiger partial charge in [-0.1, -0.05) is 24.3 Å². The summed E-state index contributed by atoms with van der Waals surface area (Å²) in [5, 5.41) is 3.44. The first-order valence-electron chi connectivity index (χ1n) is 8.17. The number of rotatable bonds is 8. The molecular weight excluding hydrogens is 321 g/mol. The van der Waals surface area contributed by atoms with E-state index in [2.05, 4.69) is 41.6 Å². The Morgan fingerprint density at radius 1 is 1.00 bits per heavy atom. The normalized spacial score (nSPS) is 11.5. The summed E-state index contributed by atoms with van der Waals surface area (Å²) in [6.07, 6.45) is 0.938. The Bertz CT molecular complexity index is 769. The lowest BCUT2D eigenvalue weighted by Crippen LogP contribution is -2.23. The van der Waals surface area contributed by atoms with Crippen LogP contribution in [0, 0.1) is 5.82 Å². The van der Waals surface area contributed by atoms with Crippen molar-refractivity contribution in [1.82, 2.24) is 4.90 Å². The van der Waals surface area contributed by atoms with Crippen LogP contribution < -0.4 is 0 Å². The second kappa shape index (κ2) is 8.38. The van der Waals surface area contributed by atoms with E-state index in [0.717, 1.165) is 31.7 Å². The summed E-state index contributed by atoms with van der Waals surface area (Å²) >= 11 is 1.78. The van der Waals surface area contributed by atoms with Crippen molar-refractivity contribution in [2.24, 2.45) is 0 Å². The van der Waals surface area contributed by atoms with Gasteiger partial charge in [0.15, 0.2) is 0 Å². The molecule has 1 aromatic heterocycles. The molecule has 0 atom stereocenters. The molecule has 0 aliphatic carbocycles. The predicted octanol–water partition coefficient (Wildman–Crippen LogP) is 4.73. The fourth-order valence-electron chi connectivity index (χ4n) is 2.66. The van der Waals surface area contributed by atoms with E-state index in [9.17, 15) is 4.39 Å². The van der Waals surface area contributed by atoms with Crippen LogP contribution in [0.25, 0.3) is 10.1 Å². The molecule has 3 aromatic rings. The van der Waals surface area contributed by atoms with Crippen LogP contribution in [-0.4, -0.2) is 31.7 Å². The molecule has 0 unspecified atom stereocenters. The topological polar surface area (TPSA) is 12.5 Å². The van der Waals surface area contributed by atoms with Crippen LogP contribution in [0.15, 0.2) is 53.9 Å². The van der Waals surface area contributed by atoms with Crippen molar-refractivity contribution in [1.29, 1.82) is 0 Å². The Balaban J connectivity index is 1.35. The Kier molecular flexibility index (Phi) is 5.96. The molecule has 0 aliphatic rings. The molecule has 1 heterocycles. The highest BCUT2D eigenvalue weighted by Gasteiger charge is 2.02. The first kappa shape index (κ1) is 17.1. The van der Waals surface area contributed by atoms with Crippen LogP contribution in [0.2, 0.25) is 0 Å². The highest BCUT2D eigenvalue weighted by molar-refractivity contribution is 7.17. The molecule has 0 fully saturated rings. The number of halogens is 1. The second-order valence-electron chi connectivity index (χ2n) is 6.02. The number of hydrogen-bond donors (Lipinski definition) is 0. The Morgan fingerprint density at radius 2 is 1.79 bits per heavy atom. The first-order chi connectivity index (χ1) is 11.7. The van der Waals surface area contributed by atoms with Crippen LogP contribution >= 0.6 is 11.3 Å². The zero-order valence-electron chi connectivity index (χ0n) is 13.9. The molecule has 0 saturated heterocycles. The Morgan fingerprint density at radius 3 is 2.62 bits per heavy atom. The molecule has 0 saturated carbocycles. The lowest BCUT2D eigenvalue weighted by Gasteiger charge is -2.16. The van der Waals surface area contributed by atoms with Gasteiger partial charge in [0.25, 0.3) is 0 Å². The molecule has 4 heteroatoms. The van der Waals surface area contributed by atoms with E-state index < -0.39 is 0 Å². The average Bonchev–Trinajstić information content (AvgIpc) is 3.04. The van der Waals surface area contributed by atoms with E-state index in [-0.39, 0.29) is 5.82 Å². The van der Waals surface area contributed by atoms with Crippen LogP contribution in [0.5, 0.6) is 0 Å². The SMILES string of the molecule is CN(CCOCCc1ccc2sccc2c1)Cc1ccc(F)cc1. The van der Waals surface area contributed by atoms with Crippen LogP contribution in [0.4, 0.5) is 4.39 Å². The molecule has 0 N–H and O–H groups in total. The number of likely N-dealkylation sites (N-methyl/N-ethyl adjacent to an activating group) is 1. The number of thiophene rings is 1. The summed E-state index contributed by atoms with van der Waals surface area (Å²) in [5.41, 5.74) is 2.43. The van der Waals surface area contributed by atoms with Gasteiger partial charge in [0.05, 0.1) is 13.2 Å². The maximum absolute atomic E-state index is 12.9. The van der Waals surface area contributed by atoms with Gasteiger partial charge in [0.2, 0.25) is 0 Å². The van der Waals surface area contributed by atoms with Crippen LogP contribution in [-0.2, 0) is 17.7 Å². The number of benzene rings is 2. The molecule has 2 aromatic carbocycles. The van der Waals surface area contributed by atoms with Gasteiger partial charge in [-0.2, -0.15) is 0 Å². The Labute approximate surface area is 146 Å². The molecule has 3 rings (SSSR count). The van der Waals surface area contributed by atoms with Gasteiger partial charge < -0.3 is 4.74 Å². The van der Waals surface area contributed by atoms with Crippen molar-refractivity contribution >= 4 is 21.4 Å². The fourth-order valence-corrected chi connectivity index (χ4v) is 3.44. The molecule has 0 spiro atoms. The molecule has 0 aliphatic heterocycles. The summed E-state index contributed by atoms with van der Waals surface area (Å²) < 4.78 is 20.0. The lowest BCUT2D eigenvalue weighted by molar-refractivity contribution is 0.112. The highest BCUT2D eigenvalue weighted by Crippen LogP contribution is 2.21. The number of ether oxygens (including phenoxy) is 1. The second-order valence-corrected chi connectivity index (χ2v) is 6.97. The zero-order chi connectivity index (χ0) is 16.8. The molecule has 24 heavy (non-hydrogen) atoms. The van der Waals surface area contributed by atoms with E-state index in [4.69, 9.17) is 4.74 Å². The highest BCUT2D eigenvalue weighted by atomic mass is 32.1. The van der Waals surface area contributed by atoms with Gasteiger partial charge in [-0.25, -0.2) is 4.39 Å². The number of hydrogen-bond acceptors (Lipinski definition) is 3. The van der Waals surface area contributed by atoms with E-state index in [1.165, 1.54) is 27.8 Å². The smallest absolute Gasteiger partial charge is 0.123 e. The van der Waals surface area contributed by atoms with Gasteiger partial charge >= 0.3 is 0 Å². The summed E-state index contributed by atoms with van der Waals surface area (Å²) in [5.74, 6) is -0.189. The van der Waals surface area contributed by atoms with E-state index in [1.54, 1.807) is 11.3 Å². The summed E-state index contributed by atoms with van der Waals surface area (Å²) in [6, 6.07) is 15.4. The van der Waals surface area contributed by atoms with Crippen LogP contribution in [0.1, 0.15) is 11.1 Å². The molecule has 0 amide bonds. The minimum absolute atomic E-state index is 0.189. The Hall–Kier alpha value is -1.75. The van der Waals surface area contributed by atoms with E-state index in [1.807, 2.05) is 12.1 Å². The minimum atomic E-state index is -0.189. The summed E-state index contributed by atoms with van der Waals surface area (Å²) in [4.78, 5) is 2.19. The standard InChI is InChI=1S/C20H22FNOS/c1-22(15-17-2-5-19(21)6-3-17)10-12-23-11-8-16-4-7-20-18(14-16)9-13-24-20/h2-7,9,13-14H,8,10-12,15H2,1H3. The molecule has 126 valence electrons. The van der Waals surface area contributed by atoms with Crippen molar-refractivity contribution in [3.8, 4) is 0 Å². The lowest BCUT2D eigenvalue weighted by atomic mass is 10.1. The third kappa shape index (κ3) is 4.87. The van der Waals surface area contributed by atoms with Crippen molar-refractivity contribution in [2.75, 3.05) is 26.8 Å². The number of nitrogens with zero attached hydrogens (tertiary/aromatic N) is 1. The van der Waals surface area contributed by atoms with Crippen LogP contribution in [0.3, 0.4) is 0 Å². The van der Waals surface area contributed by atoms with E-state index >= 15 is 0 Å². The molecular formula is C20H22FNOS. The van der Waals surface area contributed by atoms with Crippen molar-refractivity contribution in [3.63, 3.8) is 0 Å². The quantitative estimate of drug-likeness (QED) is 0.548. The molecule has 0 bridgehead atoms. The first-order valence-corrected chi connectivity index (χ1v) is 9.05. The monoisotopic (exact) mass is 343 g/mol. The van der Waals surface area contributed by atoms with Crippen molar-refractivity contribution in [3.05, 3.63) is 70.9 Å². The third-order valence-electron chi connectivity index (χ3n) is 4.03. The van der Waals surface area contributed by atoms with Gasteiger partial charge in [-0.15, -0.1) is 11.3 Å². The minimum Gasteiger partial charge on any atom is -0.380 e. The van der Waals surface area contributed by atoms with Gasteiger partial charge in [0.1, 0.15) is 5.82 Å². The summed E-state index contributed by atoms with van der Waals surface area (Å²) in [7, 11) is 2.05. The predicted molar refractivity (Wildman–Crippen MR) is 99.1 cm³/mol. The maximum atomic E-state index is 12.9. The van der Waals surface area contributed by atoms with Gasteiger partial charge in [-0.3, -0.25) is 4.90 Å². The van der Waals surface area contributed by atoms with Crippen molar-refractivity contribution < 1.29 is 9.13 Å². The van der Waals surface area contributed by atoms with Gasteiger partial charge in [0, 0.05) is 17.8 Å². The zero-order valence-corrected chi connectivity index (χ0v) is 14.7. The summed E-state index contributed by atoms with van der Waals surface area (Å²) in [6.45, 7) is 3.11. The molecule has 2 nitrogen and oxygen atoms in total. The van der Waals surface area contributed by atoms with Crippen molar-refractivity contribution in [2.45, 2.75) is 13.0 Å². The van der Waals surface area contributed by atoms with E-state index in [0.29, 0.717) is 6.61 Å². The molecule has 0 radical (unpaired) electrons. The fraction of sp³-hybridized carbons (Fsp3) is 0.300. The average molecular weight is 343 g/mol.